The highest BCUT2D eigenvalue weighted by Gasteiger charge is 2.58. The van der Waals surface area contributed by atoms with Crippen molar-refractivity contribution in [2.45, 2.75) is 70.8 Å². The molecule has 1 nitrogen and oxygen atoms in total. The normalized spacial score (nSPS) is 49.1. The maximum atomic E-state index is 10.7. The van der Waals surface area contributed by atoms with Crippen LogP contribution in [0.3, 0.4) is 0 Å². The van der Waals surface area contributed by atoms with E-state index in [1.54, 1.807) is 5.57 Å². The highest BCUT2D eigenvalue weighted by Crippen LogP contribution is 2.64. The quantitative estimate of drug-likeness (QED) is 0.682. The van der Waals surface area contributed by atoms with Gasteiger partial charge in [-0.05, 0) is 81.5 Å². The van der Waals surface area contributed by atoms with Crippen LogP contribution in [-0.4, -0.2) is 11.2 Å². The van der Waals surface area contributed by atoms with E-state index in [0.717, 1.165) is 42.9 Å². The topological polar surface area (TPSA) is 20.2 Å². The fraction of sp³-hybridized carbons (Fsp3) is 0.800. The summed E-state index contributed by atoms with van der Waals surface area (Å²) >= 11 is 0. The van der Waals surface area contributed by atoms with Crippen LogP contribution in [0.25, 0.3) is 0 Å². The molecule has 116 valence electrons. The van der Waals surface area contributed by atoms with Crippen molar-refractivity contribution < 1.29 is 5.11 Å². The molecule has 0 radical (unpaired) electrons. The molecule has 4 aliphatic rings. The molecule has 3 saturated carbocycles. The van der Waals surface area contributed by atoms with Crippen LogP contribution >= 0.6 is 0 Å². The van der Waals surface area contributed by atoms with E-state index in [1.807, 2.05) is 0 Å². The van der Waals surface area contributed by atoms with Crippen molar-refractivity contribution >= 4 is 0 Å². The predicted molar refractivity (Wildman–Crippen MR) is 86.8 cm³/mol. The number of hydrogen-bond donors (Lipinski definition) is 1. The fourth-order valence-corrected chi connectivity index (χ4v) is 6.72. The van der Waals surface area contributed by atoms with Crippen LogP contribution in [0, 0.1) is 29.1 Å². The van der Waals surface area contributed by atoms with E-state index >= 15 is 0 Å². The first-order valence-electron chi connectivity index (χ1n) is 9.22. The zero-order valence-corrected chi connectivity index (χ0v) is 13.5. The summed E-state index contributed by atoms with van der Waals surface area (Å²) in [6, 6.07) is 0. The third kappa shape index (κ3) is 1.86. The number of hydrogen-bond acceptors (Lipinski definition) is 1. The van der Waals surface area contributed by atoms with Gasteiger partial charge in [0.05, 0.1) is 6.10 Å². The Bertz CT molecular complexity index is 476. The SMILES string of the molecule is C=C1C[C@]2(CC)[C@@H](O)CC[C@H]2[C@@H]2CCC3=CCCC[C@@H]3[C@@H]12. The minimum Gasteiger partial charge on any atom is -0.393 e. The Hall–Kier alpha value is -0.560. The first-order chi connectivity index (χ1) is 10.2. The van der Waals surface area contributed by atoms with E-state index in [2.05, 4.69) is 19.6 Å². The van der Waals surface area contributed by atoms with E-state index < -0.39 is 0 Å². The van der Waals surface area contributed by atoms with Gasteiger partial charge in [-0.2, -0.15) is 0 Å². The highest BCUT2D eigenvalue weighted by atomic mass is 16.3. The second kappa shape index (κ2) is 4.98. The van der Waals surface area contributed by atoms with Crippen molar-refractivity contribution in [3.63, 3.8) is 0 Å². The van der Waals surface area contributed by atoms with Crippen LogP contribution in [0.5, 0.6) is 0 Å². The van der Waals surface area contributed by atoms with Gasteiger partial charge in [-0.1, -0.05) is 30.7 Å². The van der Waals surface area contributed by atoms with Crippen LogP contribution in [0.15, 0.2) is 23.8 Å². The molecule has 0 aromatic rings. The Kier molecular flexibility index (Phi) is 3.33. The van der Waals surface area contributed by atoms with Gasteiger partial charge in [0.15, 0.2) is 0 Å². The van der Waals surface area contributed by atoms with E-state index in [-0.39, 0.29) is 11.5 Å². The molecule has 0 aromatic heterocycles. The summed E-state index contributed by atoms with van der Waals surface area (Å²) < 4.78 is 0. The maximum Gasteiger partial charge on any atom is 0.0602 e. The van der Waals surface area contributed by atoms with Gasteiger partial charge in [-0.15, -0.1) is 0 Å². The van der Waals surface area contributed by atoms with Crippen molar-refractivity contribution in [3.8, 4) is 0 Å². The van der Waals surface area contributed by atoms with Crippen molar-refractivity contribution in [2.75, 3.05) is 0 Å². The summed E-state index contributed by atoms with van der Waals surface area (Å²) in [7, 11) is 0. The zero-order chi connectivity index (χ0) is 14.6. The average Bonchev–Trinajstić information content (AvgIpc) is 2.84. The molecule has 4 aliphatic carbocycles. The van der Waals surface area contributed by atoms with Gasteiger partial charge < -0.3 is 5.11 Å². The van der Waals surface area contributed by atoms with Gasteiger partial charge in [0.2, 0.25) is 0 Å². The Morgan fingerprint density at radius 1 is 1.29 bits per heavy atom. The van der Waals surface area contributed by atoms with Gasteiger partial charge in [0, 0.05) is 5.41 Å². The van der Waals surface area contributed by atoms with Crippen molar-refractivity contribution in [3.05, 3.63) is 23.8 Å². The van der Waals surface area contributed by atoms with Crippen LogP contribution < -0.4 is 0 Å². The summed E-state index contributed by atoms with van der Waals surface area (Å²) in [4.78, 5) is 0. The van der Waals surface area contributed by atoms with Crippen LogP contribution in [0.4, 0.5) is 0 Å². The molecule has 3 fully saturated rings. The summed E-state index contributed by atoms with van der Waals surface area (Å²) in [6.45, 7) is 6.83. The largest absolute Gasteiger partial charge is 0.393 e. The highest BCUT2D eigenvalue weighted by molar-refractivity contribution is 5.27. The van der Waals surface area contributed by atoms with Crippen LogP contribution in [-0.2, 0) is 0 Å². The third-order valence-corrected chi connectivity index (χ3v) is 7.62. The molecular formula is C20H30O. The Balaban J connectivity index is 1.71. The summed E-state index contributed by atoms with van der Waals surface area (Å²) in [5.74, 6) is 3.11. The molecule has 0 spiro atoms. The van der Waals surface area contributed by atoms with Crippen LogP contribution in [0.2, 0.25) is 0 Å². The van der Waals surface area contributed by atoms with E-state index in [1.165, 1.54) is 44.1 Å². The molecule has 0 bridgehead atoms. The van der Waals surface area contributed by atoms with Gasteiger partial charge in [0.1, 0.15) is 0 Å². The standard InChI is InChI=1S/C20H30O/c1-3-20-12-13(2)19-15-7-5-4-6-14(15)8-9-16(19)17(20)10-11-18(20)21/h6,15-19,21H,2-5,7-12H2,1H3/t15-,16-,17-,18-,19+,20-/m0/s1. The van der Waals surface area contributed by atoms with Gasteiger partial charge in [-0.25, -0.2) is 0 Å². The summed E-state index contributed by atoms with van der Waals surface area (Å²) in [5, 5.41) is 10.7. The zero-order valence-electron chi connectivity index (χ0n) is 13.5. The molecule has 0 heterocycles. The molecule has 1 heteroatoms. The van der Waals surface area contributed by atoms with E-state index in [9.17, 15) is 5.11 Å². The molecule has 21 heavy (non-hydrogen) atoms. The number of aliphatic hydroxyl groups excluding tert-OH is 1. The lowest BCUT2D eigenvalue weighted by Crippen LogP contribution is -2.49. The molecule has 0 aromatic carbocycles. The number of aliphatic hydroxyl groups is 1. The second-order valence-corrected chi connectivity index (χ2v) is 8.17. The molecule has 0 aliphatic heterocycles. The van der Waals surface area contributed by atoms with E-state index in [0.29, 0.717) is 0 Å². The third-order valence-electron chi connectivity index (χ3n) is 7.62. The summed E-state index contributed by atoms with van der Waals surface area (Å²) in [6.07, 6.45) is 13.7. The number of rotatable bonds is 1. The van der Waals surface area contributed by atoms with Gasteiger partial charge in [-0.3, -0.25) is 0 Å². The smallest absolute Gasteiger partial charge is 0.0602 e. The van der Waals surface area contributed by atoms with Crippen molar-refractivity contribution in [1.82, 2.24) is 0 Å². The van der Waals surface area contributed by atoms with Crippen molar-refractivity contribution in [1.29, 1.82) is 0 Å². The number of allylic oxidation sites excluding steroid dienone is 3. The monoisotopic (exact) mass is 286 g/mol. The van der Waals surface area contributed by atoms with Crippen LogP contribution in [0.1, 0.15) is 64.7 Å². The van der Waals surface area contributed by atoms with E-state index in [4.69, 9.17) is 0 Å². The lowest BCUT2D eigenvalue weighted by Gasteiger charge is -2.55. The average molecular weight is 286 g/mol. The summed E-state index contributed by atoms with van der Waals surface area (Å²) in [5.41, 5.74) is 3.41. The maximum absolute atomic E-state index is 10.7. The molecular weight excluding hydrogens is 256 g/mol. The first kappa shape index (κ1) is 14.1. The Morgan fingerprint density at radius 3 is 2.95 bits per heavy atom. The molecule has 0 unspecified atom stereocenters. The fourth-order valence-electron chi connectivity index (χ4n) is 6.72. The molecule has 4 rings (SSSR count). The Morgan fingerprint density at radius 2 is 2.14 bits per heavy atom. The molecule has 0 saturated heterocycles. The second-order valence-electron chi connectivity index (χ2n) is 8.17. The molecule has 6 atom stereocenters. The van der Waals surface area contributed by atoms with Gasteiger partial charge in [0.25, 0.3) is 0 Å². The van der Waals surface area contributed by atoms with Crippen molar-refractivity contribution in [2.24, 2.45) is 29.1 Å². The predicted octanol–water partition coefficient (Wildman–Crippen LogP) is 4.87. The Labute approximate surface area is 129 Å². The lowest BCUT2D eigenvalue weighted by atomic mass is 9.50. The first-order valence-corrected chi connectivity index (χ1v) is 9.22. The minimum absolute atomic E-state index is 0.0755. The lowest BCUT2D eigenvalue weighted by molar-refractivity contribution is -0.0414. The molecule has 0 amide bonds. The van der Waals surface area contributed by atoms with Gasteiger partial charge >= 0.3 is 0 Å². The minimum atomic E-state index is -0.0755. The number of fused-ring (bicyclic) bond motifs is 5. The molecule has 1 N–H and O–H groups in total.